The van der Waals surface area contributed by atoms with Gasteiger partial charge in [0.1, 0.15) is 17.5 Å². The van der Waals surface area contributed by atoms with E-state index in [0.29, 0.717) is 18.2 Å². The summed E-state index contributed by atoms with van der Waals surface area (Å²) >= 11 is 0. The van der Waals surface area contributed by atoms with Crippen LogP contribution < -0.4 is 0 Å². The Kier molecular flexibility index (Phi) is 4.52. The summed E-state index contributed by atoms with van der Waals surface area (Å²) in [6.07, 6.45) is 0. The maximum atomic E-state index is 11.9. The summed E-state index contributed by atoms with van der Waals surface area (Å²) < 4.78 is 35.8. The van der Waals surface area contributed by atoms with E-state index < -0.39 is 17.5 Å². The predicted octanol–water partition coefficient (Wildman–Crippen LogP) is 1.80. The van der Waals surface area contributed by atoms with Crippen LogP contribution in [0.4, 0.5) is 13.2 Å². The summed E-state index contributed by atoms with van der Waals surface area (Å²) in [5.74, 6) is -2.69. The van der Waals surface area contributed by atoms with Gasteiger partial charge in [0.15, 0.2) is 0 Å². The molecule has 0 unspecified atom stereocenters. The molecular weight excluding hydrogens is 173 g/mol. The van der Waals surface area contributed by atoms with Gasteiger partial charge in [0.25, 0.3) is 6.47 Å². The van der Waals surface area contributed by atoms with Crippen molar-refractivity contribution in [2.45, 2.75) is 0 Å². The van der Waals surface area contributed by atoms with E-state index in [4.69, 9.17) is 9.90 Å². The van der Waals surface area contributed by atoms with Crippen LogP contribution >= 0.6 is 0 Å². The fraction of sp³-hybridized carbons (Fsp3) is 0. The van der Waals surface area contributed by atoms with Crippen molar-refractivity contribution in [3.8, 4) is 0 Å². The molecule has 1 aromatic rings. The molecule has 0 spiro atoms. The average Bonchev–Trinajstić information content (AvgIpc) is 1.84. The van der Waals surface area contributed by atoms with Crippen LogP contribution in [-0.2, 0) is 4.79 Å². The minimum absolute atomic E-state index is 0.250. The average molecular weight is 178 g/mol. The Balaban J connectivity index is 0.000000354. The van der Waals surface area contributed by atoms with Gasteiger partial charge in [-0.25, -0.2) is 13.2 Å². The number of carboxylic acid groups (broad SMARTS) is 1. The highest BCUT2D eigenvalue weighted by Gasteiger charge is 1.96. The molecule has 66 valence electrons. The molecule has 0 saturated carbocycles. The molecule has 1 rings (SSSR count). The number of benzene rings is 1. The van der Waals surface area contributed by atoms with Crippen LogP contribution in [0.15, 0.2) is 18.2 Å². The summed E-state index contributed by atoms with van der Waals surface area (Å²) in [6, 6.07) is 1.84. The third kappa shape index (κ3) is 4.32. The molecule has 5 heteroatoms. The van der Waals surface area contributed by atoms with Gasteiger partial charge in [-0.3, -0.25) is 4.79 Å². The second kappa shape index (κ2) is 5.17. The fourth-order valence-electron chi connectivity index (χ4n) is 0.520. The minimum atomic E-state index is -0.896. The van der Waals surface area contributed by atoms with Crippen LogP contribution in [0.3, 0.4) is 0 Å². The van der Waals surface area contributed by atoms with E-state index in [2.05, 4.69) is 0 Å². The zero-order chi connectivity index (χ0) is 9.56. The summed E-state index contributed by atoms with van der Waals surface area (Å²) in [5.41, 5.74) is 0. The van der Waals surface area contributed by atoms with E-state index in [-0.39, 0.29) is 6.47 Å². The zero-order valence-corrected chi connectivity index (χ0v) is 5.80. The Morgan fingerprint density at radius 1 is 1.00 bits per heavy atom. The van der Waals surface area contributed by atoms with Crippen LogP contribution in [0.5, 0.6) is 0 Å². The topological polar surface area (TPSA) is 37.3 Å². The second-order valence-corrected chi connectivity index (χ2v) is 1.69. The Bertz CT molecular complexity index is 212. The van der Waals surface area contributed by atoms with Gasteiger partial charge in [0, 0.05) is 18.2 Å². The van der Waals surface area contributed by atoms with Crippen molar-refractivity contribution in [2.75, 3.05) is 0 Å². The smallest absolute Gasteiger partial charge is 0.290 e. The summed E-state index contributed by atoms with van der Waals surface area (Å²) in [7, 11) is 0. The van der Waals surface area contributed by atoms with Gasteiger partial charge in [-0.2, -0.15) is 0 Å². The van der Waals surface area contributed by atoms with Crippen molar-refractivity contribution >= 4 is 6.47 Å². The first-order valence-electron chi connectivity index (χ1n) is 2.79. The van der Waals surface area contributed by atoms with E-state index in [1.54, 1.807) is 0 Å². The van der Waals surface area contributed by atoms with Gasteiger partial charge in [-0.1, -0.05) is 0 Å². The van der Waals surface area contributed by atoms with Gasteiger partial charge in [-0.15, -0.1) is 0 Å². The lowest BCUT2D eigenvalue weighted by Crippen LogP contribution is -1.81. The van der Waals surface area contributed by atoms with Crippen LogP contribution in [0.1, 0.15) is 0 Å². The Labute approximate surface area is 66.3 Å². The van der Waals surface area contributed by atoms with E-state index in [9.17, 15) is 13.2 Å². The van der Waals surface area contributed by atoms with Crippen LogP contribution in [0, 0.1) is 17.5 Å². The molecule has 12 heavy (non-hydrogen) atoms. The highest BCUT2D eigenvalue weighted by Crippen LogP contribution is 2.04. The molecule has 2 nitrogen and oxygen atoms in total. The molecule has 0 aliphatic heterocycles. The first-order valence-corrected chi connectivity index (χ1v) is 2.79. The largest absolute Gasteiger partial charge is 0.483 e. The van der Waals surface area contributed by atoms with Crippen LogP contribution in [0.2, 0.25) is 0 Å². The quantitative estimate of drug-likeness (QED) is 0.615. The fourth-order valence-corrected chi connectivity index (χ4v) is 0.520. The normalized spacial score (nSPS) is 8.25. The van der Waals surface area contributed by atoms with E-state index in [1.165, 1.54) is 0 Å². The molecule has 0 amide bonds. The highest BCUT2D eigenvalue weighted by atomic mass is 19.1. The lowest BCUT2D eigenvalue weighted by Gasteiger charge is -1.88. The van der Waals surface area contributed by atoms with Crippen molar-refractivity contribution in [3.05, 3.63) is 35.7 Å². The molecule has 0 bridgehead atoms. The molecule has 0 atom stereocenters. The maximum Gasteiger partial charge on any atom is 0.290 e. The number of hydrogen-bond acceptors (Lipinski definition) is 1. The van der Waals surface area contributed by atoms with Crippen molar-refractivity contribution < 1.29 is 23.1 Å². The lowest BCUT2D eigenvalue weighted by molar-refractivity contribution is -0.122. The standard InChI is InChI=1S/C6H3F3.CH2O2/c7-4-1-5(8)3-6(9)2-4;2-1-3/h1-3H;1H,(H,2,3). The van der Waals surface area contributed by atoms with Crippen molar-refractivity contribution in [1.82, 2.24) is 0 Å². The summed E-state index contributed by atoms with van der Waals surface area (Å²) in [4.78, 5) is 8.36. The maximum absolute atomic E-state index is 11.9. The van der Waals surface area contributed by atoms with Gasteiger partial charge >= 0.3 is 0 Å². The number of carbonyl (C=O) groups is 1. The SMILES string of the molecule is Fc1cc(F)cc(F)c1.O=CO. The highest BCUT2D eigenvalue weighted by molar-refractivity contribution is 5.32. The zero-order valence-electron chi connectivity index (χ0n) is 5.80. The Hall–Kier alpha value is -1.52. The molecule has 1 N–H and O–H groups in total. The molecule has 0 saturated heterocycles. The minimum Gasteiger partial charge on any atom is -0.483 e. The van der Waals surface area contributed by atoms with Crippen molar-refractivity contribution in [1.29, 1.82) is 0 Å². The van der Waals surface area contributed by atoms with Gasteiger partial charge < -0.3 is 5.11 Å². The van der Waals surface area contributed by atoms with Gasteiger partial charge in [0.05, 0.1) is 0 Å². The molecule has 1 aromatic carbocycles. The third-order valence-electron chi connectivity index (χ3n) is 0.827. The third-order valence-corrected chi connectivity index (χ3v) is 0.827. The molecule has 0 fully saturated rings. The van der Waals surface area contributed by atoms with Crippen LogP contribution in [-0.4, -0.2) is 11.6 Å². The monoisotopic (exact) mass is 178 g/mol. The lowest BCUT2D eigenvalue weighted by atomic mass is 10.3. The number of hydrogen-bond donors (Lipinski definition) is 1. The number of rotatable bonds is 0. The van der Waals surface area contributed by atoms with Crippen LogP contribution in [0.25, 0.3) is 0 Å². The molecular formula is C7H5F3O2. The molecule has 0 radical (unpaired) electrons. The molecule has 0 heterocycles. The molecule has 0 aromatic heterocycles. The Morgan fingerprint density at radius 2 is 1.17 bits per heavy atom. The predicted molar refractivity (Wildman–Crippen MR) is 35.0 cm³/mol. The second-order valence-electron chi connectivity index (χ2n) is 1.69. The van der Waals surface area contributed by atoms with Crippen molar-refractivity contribution in [2.24, 2.45) is 0 Å². The Morgan fingerprint density at radius 3 is 1.33 bits per heavy atom. The first-order chi connectivity index (χ1) is 5.60. The molecule has 0 aliphatic rings. The van der Waals surface area contributed by atoms with Gasteiger partial charge in [-0.05, 0) is 0 Å². The summed E-state index contributed by atoms with van der Waals surface area (Å²) in [6.45, 7) is -0.250. The first kappa shape index (κ1) is 10.5. The number of halogens is 3. The summed E-state index contributed by atoms with van der Waals surface area (Å²) in [5, 5.41) is 6.89. The molecule has 0 aliphatic carbocycles. The van der Waals surface area contributed by atoms with E-state index in [1.807, 2.05) is 0 Å². The van der Waals surface area contributed by atoms with E-state index in [0.717, 1.165) is 0 Å². The van der Waals surface area contributed by atoms with E-state index >= 15 is 0 Å². The van der Waals surface area contributed by atoms with Crippen molar-refractivity contribution in [3.63, 3.8) is 0 Å². The van der Waals surface area contributed by atoms with Gasteiger partial charge in [0.2, 0.25) is 0 Å².